The van der Waals surface area contributed by atoms with Crippen LogP contribution in [-0.2, 0) is 9.59 Å². The molecular formula is C3H5N3O2. The molecule has 0 aromatic heterocycles. The lowest BCUT2D eigenvalue weighted by atomic mass is 10.8. The van der Waals surface area contributed by atoms with Gasteiger partial charge in [-0.15, -0.1) is 0 Å². The fraction of sp³-hybridized carbons (Fsp3) is 0. The highest BCUT2D eigenvalue weighted by atomic mass is 16.2. The van der Waals surface area contributed by atoms with E-state index in [-0.39, 0.29) is 12.8 Å². The van der Waals surface area contributed by atoms with Gasteiger partial charge in [0.2, 0.25) is 18.8 Å². The minimum atomic E-state index is -0.574. The van der Waals surface area contributed by atoms with Crippen molar-refractivity contribution in [3.63, 3.8) is 0 Å². The monoisotopic (exact) mass is 115 g/mol. The third kappa shape index (κ3) is 1.38. The van der Waals surface area contributed by atoms with Crippen LogP contribution in [0.25, 0.3) is 0 Å². The summed E-state index contributed by atoms with van der Waals surface area (Å²) in [6.45, 7) is 0. The Labute approximate surface area is 45.6 Å². The number of amides is 2. The summed E-state index contributed by atoms with van der Waals surface area (Å²) < 4.78 is 0. The van der Waals surface area contributed by atoms with Gasteiger partial charge in [-0.05, 0) is 0 Å². The number of nitrogens with zero attached hydrogens (tertiary/aromatic N) is 1. The van der Waals surface area contributed by atoms with Crippen LogP contribution in [0.3, 0.4) is 0 Å². The second-order valence-corrected chi connectivity index (χ2v) is 1.00. The smallest absolute Gasteiger partial charge is 0.223 e. The average molecular weight is 115 g/mol. The van der Waals surface area contributed by atoms with Crippen LogP contribution in [0.4, 0.5) is 0 Å². The van der Waals surface area contributed by atoms with Crippen molar-refractivity contribution < 1.29 is 9.59 Å². The van der Waals surface area contributed by atoms with E-state index in [0.29, 0.717) is 4.90 Å². The molecule has 0 radical (unpaired) electrons. The van der Waals surface area contributed by atoms with Crippen molar-refractivity contribution in [2.75, 3.05) is 0 Å². The van der Waals surface area contributed by atoms with Gasteiger partial charge in [-0.3, -0.25) is 15.0 Å². The van der Waals surface area contributed by atoms with Crippen molar-refractivity contribution in [2.45, 2.75) is 0 Å². The largest absolute Gasteiger partial charge is 0.369 e. The lowest BCUT2D eigenvalue weighted by Crippen LogP contribution is -2.33. The first-order chi connectivity index (χ1) is 3.72. The number of nitrogens with two attached hydrogens (primary N) is 1. The van der Waals surface area contributed by atoms with Crippen LogP contribution in [0, 0.1) is 5.41 Å². The molecule has 8 heavy (non-hydrogen) atoms. The van der Waals surface area contributed by atoms with Gasteiger partial charge in [-0.1, -0.05) is 0 Å². The van der Waals surface area contributed by atoms with Gasteiger partial charge < -0.3 is 5.73 Å². The molecule has 0 rings (SSSR count). The van der Waals surface area contributed by atoms with E-state index in [0.717, 1.165) is 0 Å². The zero-order valence-electron chi connectivity index (χ0n) is 4.00. The maximum absolute atomic E-state index is 9.65. The van der Waals surface area contributed by atoms with Crippen LogP contribution in [-0.4, -0.2) is 23.7 Å². The van der Waals surface area contributed by atoms with E-state index in [2.05, 4.69) is 0 Å². The summed E-state index contributed by atoms with van der Waals surface area (Å²) in [5.41, 5.74) is 4.70. The van der Waals surface area contributed by atoms with Crippen molar-refractivity contribution in [2.24, 2.45) is 5.73 Å². The summed E-state index contributed by atoms with van der Waals surface area (Å²) in [4.78, 5) is 19.7. The normalized spacial score (nSPS) is 7.50. The summed E-state index contributed by atoms with van der Waals surface area (Å²) in [7, 11) is 0. The fourth-order valence-electron chi connectivity index (χ4n) is 0.138. The van der Waals surface area contributed by atoms with Gasteiger partial charge in [0.05, 0.1) is 0 Å². The van der Waals surface area contributed by atoms with Gasteiger partial charge in [0.25, 0.3) is 0 Å². The SMILES string of the molecule is N=C(N)N(C=O)C=O. The Morgan fingerprint density at radius 1 is 1.50 bits per heavy atom. The maximum atomic E-state index is 9.65. The zero-order chi connectivity index (χ0) is 6.57. The molecule has 0 heterocycles. The molecule has 2 amide bonds. The lowest BCUT2D eigenvalue weighted by molar-refractivity contribution is -0.125. The molecule has 5 heteroatoms. The van der Waals surface area contributed by atoms with Crippen LogP contribution in [0.1, 0.15) is 0 Å². The first kappa shape index (κ1) is 6.61. The van der Waals surface area contributed by atoms with E-state index in [9.17, 15) is 9.59 Å². The van der Waals surface area contributed by atoms with Gasteiger partial charge in [-0.2, -0.15) is 0 Å². The first-order valence-electron chi connectivity index (χ1n) is 1.75. The lowest BCUT2D eigenvalue weighted by Gasteiger charge is -2.01. The Kier molecular flexibility index (Phi) is 2.25. The Balaban J connectivity index is 3.88. The number of hydrogen-bond acceptors (Lipinski definition) is 3. The number of carbonyl (C=O) groups excluding carboxylic acids is 2. The molecule has 0 spiro atoms. The van der Waals surface area contributed by atoms with Gasteiger partial charge in [0, 0.05) is 0 Å². The Bertz CT molecular complexity index is 114. The minimum Gasteiger partial charge on any atom is -0.369 e. The van der Waals surface area contributed by atoms with Gasteiger partial charge in [0.1, 0.15) is 0 Å². The second kappa shape index (κ2) is 2.73. The van der Waals surface area contributed by atoms with Crippen LogP contribution in [0.5, 0.6) is 0 Å². The standard InChI is InChI=1S/C3H5N3O2/c4-3(5)6(1-7)2-8/h1-2H,(H3,4,5). The van der Waals surface area contributed by atoms with Gasteiger partial charge in [0.15, 0.2) is 0 Å². The quantitative estimate of drug-likeness (QED) is 0.260. The molecule has 0 bridgehead atoms. The summed E-state index contributed by atoms with van der Waals surface area (Å²) >= 11 is 0. The Morgan fingerprint density at radius 2 is 1.88 bits per heavy atom. The molecule has 0 unspecified atom stereocenters. The van der Waals surface area contributed by atoms with Crippen molar-refractivity contribution in [1.82, 2.24) is 4.90 Å². The maximum Gasteiger partial charge on any atom is 0.223 e. The molecular weight excluding hydrogens is 110 g/mol. The minimum absolute atomic E-state index is 0.162. The number of rotatable bonds is 2. The average Bonchev–Trinajstić information content (AvgIpc) is 1.69. The molecule has 0 saturated heterocycles. The van der Waals surface area contributed by atoms with E-state index >= 15 is 0 Å². The fourth-order valence-corrected chi connectivity index (χ4v) is 0.138. The molecule has 44 valence electrons. The van der Waals surface area contributed by atoms with Crippen molar-refractivity contribution in [3.05, 3.63) is 0 Å². The Morgan fingerprint density at radius 3 is 1.88 bits per heavy atom. The number of guanidine groups is 1. The zero-order valence-corrected chi connectivity index (χ0v) is 4.00. The highest BCUT2D eigenvalue weighted by molar-refractivity contribution is 5.96. The summed E-state index contributed by atoms with van der Waals surface area (Å²) in [6, 6.07) is 0. The molecule has 0 aliphatic heterocycles. The van der Waals surface area contributed by atoms with Crippen LogP contribution < -0.4 is 5.73 Å². The third-order valence-corrected chi connectivity index (χ3v) is 0.505. The molecule has 0 aromatic rings. The van der Waals surface area contributed by atoms with Crippen molar-refractivity contribution in [3.8, 4) is 0 Å². The van der Waals surface area contributed by atoms with Crippen molar-refractivity contribution >= 4 is 18.8 Å². The van der Waals surface area contributed by atoms with Crippen LogP contribution in [0.2, 0.25) is 0 Å². The number of carbonyl (C=O) groups is 2. The second-order valence-electron chi connectivity index (χ2n) is 1.00. The number of nitrogens with one attached hydrogen (secondary N) is 1. The molecule has 0 saturated carbocycles. The molecule has 3 N–H and O–H groups in total. The van der Waals surface area contributed by atoms with E-state index in [1.165, 1.54) is 0 Å². The van der Waals surface area contributed by atoms with Gasteiger partial charge in [-0.25, -0.2) is 4.90 Å². The van der Waals surface area contributed by atoms with Crippen molar-refractivity contribution in [1.29, 1.82) is 5.41 Å². The highest BCUT2D eigenvalue weighted by Crippen LogP contribution is 1.67. The van der Waals surface area contributed by atoms with Crippen LogP contribution in [0.15, 0.2) is 0 Å². The summed E-state index contributed by atoms with van der Waals surface area (Å²) in [5.74, 6) is -0.574. The molecule has 0 aliphatic carbocycles. The third-order valence-electron chi connectivity index (χ3n) is 0.505. The summed E-state index contributed by atoms with van der Waals surface area (Å²) in [5, 5.41) is 6.49. The number of hydrogen-bond donors (Lipinski definition) is 2. The number of imide groups is 1. The molecule has 0 aromatic carbocycles. The summed E-state index contributed by atoms with van der Waals surface area (Å²) in [6.07, 6.45) is 0.324. The van der Waals surface area contributed by atoms with E-state index < -0.39 is 5.96 Å². The van der Waals surface area contributed by atoms with E-state index in [4.69, 9.17) is 11.1 Å². The molecule has 0 atom stereocenters. The molecule has 0 fully saturated rings. The predicted octanol–water partition coefficient (Wildman–Crippen LogP) is -1.51. The van der Waals surface area contributed by atoms with Gasteiger partial charge >= 0.3 is 0 Å². The Hall–Kier alpha value is -1.39. The first-order valence-corrected chi connectivity index (χ1v) is 1.75. The predicted molar refractivity (Wildman–Crippen MR) is 25.9 cm³/mol. The molecule has 0 aliphatic rings. The van der Waals surface area contributed by atoms with Crippen LogP contribution >= 0.6 is 0 Å². The topological polar surface area (TPSA) is 87.2 Å². The highest BCUT2D eigenvalue weighted by Gasteiger charge is 1.98. The van der Waals surface area contributed by atoms with E-state index in [1.54, 1.807) is 0 Å². The molecule has 5 nitrogen and oxygen atoms in total. The van der Waals surface area contributed by atoms with E-state index in [1.807, 2.05) is 0 Å².